The highest BCUT2D eigenvalue weighted by Gasteiger charge is 2.35. The number of hydrogen-bond donors (Lipinski definition) is 1. The average molecular weight is 337 g/mol. The molecule has 0 aliphatic heterocycles. The lowest BCUT2D eigenvalue weighted by Gasteiger charge is -2.37. The number of rotatable bonds is 4. The zero-order valence-electron chi connectivity index (χ0n) is 15.8. The SMILES string of the molecule is CCC(=O)c1cc(-c2ccc3c(c2)C(C)(C)CC(C(C)=O)C3)[nH]c1C. The van der Waals surface area contributed by atoms with E-state index in [1.165, 1.54) is 11.1 Å². The van der Waals surface area contributed by atoms with Gasteiger partial charge < -0.3 is 4.98 Å². The average Bonchev–Trinajstić information content (AvgIpc) is 2.95. The molecule has 3 nitrogen and oxygen atoms in total. The predicted octanol–water partition coefficient (Wildman–Crippen LogP) is 5.01. The molecule has 1 atom stereocenters. The van der Waals surface area contributed by atoms with Gasteiger partial charge in [0.15, 0.2) is 5.78 Å². The number of carbonyl (C=O) groups excluding carboxylic acids is 2. The van der Waals surface area contributed by atoms with E-state index < -0.39 is 0 Å². The number of hydrogen-bond acceptors (Lipinski definition) is 2. The van der Waals surface area contributed by atoms with Gasteiger partial charge in [0.25, 0.3) is 0 Å². The van der Waals surface area contributed by atoms with Crippen LogP contribution in [0.5, 0.6) is 0 Å². The van der Waals surface area contributed by atoms with E-state index in [1.807, 2.05) is 19.9 Å². The number of aromatic amines is 1. The van der Waals surface area contributed by atoms with Crippen molar-refractivity contribution in [1.29, 1.82) is 0 Å². The molecule has 25 heavy (non-hydrogen) atoms. The van der Waals surface area contributed by atoms with Crippen molar-refractivity contribution in [1.82, 2.24) is 4.98 Å². The minimum Gasteiger partial charge on any atom is -0.358 e. The molecule has 1 heterocycles. The van der Waals surface area contributed by atoms with Crippen LogP contribution in [0.1, 0.15) is 67.7 Å². The second-order valence-corrected chi connectivity index (χ2v) is 7.97. The van der Waals surface area contributed by atoms with Crippen molar-refractivity contribution in [3.63, 3.8) is 0 Å². The van der Waals surface area contributed by atoms with Gasteiger partial charge in [-0.15, -0.1) is 0 Å². The Morgan fingerprint density at radius 2 is 1.96 bits per heavy atom. The van der Waals surface area contributed by atoms with E-state index in [9.17, 15) is 9.59 Å². The standard InChI is InChI=1S/C22H27NO2/c1-6-21(25)18-11-20(23-13(18)2)16-8-7-15-9-17(14(3)24)12-22(4,5)19(15)10-16/h7-8,10-11,17,23H,6,9,12H2,1-5H3. The summed E-state index contributed by atoms with van der Waals surface area (Å²) in [5.74, 6) is 0.572. The van der Waals surface area contributed by atoms with E-state index in [-0.39, 0.29) is 22.9 Å². The van der Waals surface area contributed by atoms with Crippen LogP contribution < -0.4 is 0 Å². The van der Waals surface area contributed by atoms with E-state index in [0.717, 1.165) is 35.4 Å². The number of ketones is 2. The lowest BCUT2D eigenvalue weighted by Crippen LogP contribution is -2.32. The molecule has 132 valence electrons. The maximum atomic E-state index is 12.1. The molecular weight excluding hydrogens is 310 g/mol. The van der Waals surface area contributed by atoms with E-state index in [2.05, 4.69) is 37.0 Å². The number of carbonyl (C=O) groups is 2. The van der Waals surface area contributed by atoms with E-state index in [4.69, 9.17) is 0 Å². The molecule has 1 aromatic carbocycles. The summed E-state index contributed by atoms with van der Waals surface area (Å²) < 4.78 is 0. The van der Waals surface area contributed by atoms with Gasteiger partial charge in [-0.05, 0) is 60.9 Å². The second kappa shape index (κ2) is 6.29. The van der Waals surface area contributed by atoms with Crippen LogP contribution in [0.15, 0.2) is 24.3 Å². The van der Waals surface area contributed by atoms with Crippen LogP contribution >= 0.6 is 0 Å². The van der Waals surface area contributed by atoms with Crippen molar-refractivity contribution in [3.05, 3.63) is 46.6 Å². The first-order valence-corrected chi connectivity index (χ1v) is 9.10. The summed E-state index contributed by atoms with van der Waals surface area (Å²) >= 11 is 0. The van der Waals surface area contributed by atoms with Crippen LogP contribution in [-0.2, 0) is 16.6 Å². The molecule has 2 aromatic rings. The van der Waals surface area contributed by atoms with Gasteiger partial charge in [0, 0.05) is 29.3 Å². The number of fused-ring (bicyclic) bond motifs is 1. The van der Waals surface area contributed by atoms with Crippen molar-refractivity contribution in [2.24, 2.45) is 5.92 Å². The second-order valence-electron chi connectivity index (χ2n) is 7.97. The van der Waals surface area contributed by atoms with Crippen LogP contribution in [0.3, 0.4) is 0 Å². The molecule has 1 aromatic heterocycles. The molecule has 0 amide bonds. The monoisotopic (exact) mass is 337 g/mol. The van der Waals surface area contributed by atoms with Crippen molar-refractivity contribution in [2.45, 2.75) is 59.3 Å². The maximum Gasteiger partial charge on any atom is 0.164 e. The van der Waals surface area contributed by atoms with Crippen LogP contribution in [0.25, 0.3) is 11.3 Å². The lowest BCUT2D eigenvalue weighted by molar-refractivity contribution is -0.121. The summed E-state index contributed by atoms with van der Waals surface area (Å²) in [6, 6.07) is 8.45. The molecule has 0 saturated carbocycles. The van der Waals surface area contributed by atoms with Gasteiger partial charge in [0.05, 0.1) is 0 Å². The summed E-state index contributed by atoms with van der Waals surface area (Å²) in [5, 5.41) is 0. The van der Waals surface area contributed by atoms with Gasteiger partial charge in [-0.1, -0.05) is 32.9 Å². The Hall–Kier alpha value is -2.16. The molecule has 1 N–H and O–H groups in total. The Kier molecular flexibility index (Phi) is 4.44. The summed E-state index contributed by atoms with van der Waals surface area (Å²) in [7, 11) is 0. The third-order valence-electron chi connectivity index (χ3n) is 5.58. The first kappa shape index (κ1) is 17.7. The highest BCUT2D eigenvalue weighted by molar-refractivity contribution is 5.98. The van der Waals surface area contributed by atoms with Gasteiger partial charge in [0.1, 0.15) is 5.78 Å². The minimum atomic E-state index is -0.0242. The molecule has 0 spiro atoms. The van der Waals surface area contributed by atoms with Gasteiger partial charge in [-0.2, -0.15) is 0 Å². The summed E-state index contributed by atoms with van der Waals surface area (Å²) in [6.07, 6.45) is 2.24. The molecule has 0 saturated heterocycles. The quantitative estimate of drug-likeness (QED) is 0.797. The lowest BCUT2D eigenvalue weighted by atomic mass is 9.67. The minimum absolute atomic E-state index is 0.0242. The smallest absolute Gasteiger partial charge is 0.164 e. The first-order valence-electron chi connectivity index (χ1n) is 9.10. The Morgan fingerprint density at radius 1 is 1.24 bits per heavy atom. The van der Waals surface area contributed by atoms with E-state index >= 15 is 0 Å². The summed E-state index contributed by atoms with van der Waals surface area (Å²) in [5.41, 5.74) is 6.37. The van der Waals surface area contributed by atoms with Crippen molar-refractivity contribution in [3.8, 4) is 11.3 Å². The normalized spacial score (nSPS) is 18.7. The van der Waals surface area contributed by atoms with Crippen LogP contribution in [0.2, 0.25) is 0 Å². The fraction of sp³-hybridized carbons (Fsp3) is 0.455. The van der Waals surface area contributed by atoms with Crippen LogP contribution in [0.4, 0.5) is 0 Å². The topological polar surface area (TPSA) is 49.9 Å². The fourth-order valence-corrected chi connectivity index (χ4v) is 4.10. The Labute approximate surface area is 149 Å². The zero-order chi connectivity index (χ0) is 18.4. The number of aryl methyl sites for hydroxylation is 1. The Bertz CT molecular complexity index is 842. The Morgan fingerprint density at radius 3 is 2.60 bits per heavy atom. The third kappa shape index (κ3) is 3.20. The number of aromatic nitrogens is 1. The first-order chi connectivity index (χ1) is 11.7. The Balaban J connectivity index is 2.02. The molecule has 3 rings (SSSR count). The van der Waals surface area contributed by atoms with Crippen LogP contribution in [-0.4, -0.2) is 16.6 Å². The van der Waals surface area contributed by atoms with E-state index in [1.54, 1.807) is 6.92 Å². The highest BCUT2D eigenvalue weighted by atomic mass is 16.1. The number of Topliss-reactive ketones (excluding diaryl/α,β-unsaturated/α-hetero) is 2. The van der Waals surface area contributed by atoms with Gasteiger partial charge in [-0.25, -0.2) is 0 Å². The van der Waals surface area contributed by atoms with Crippen molar-refractivity contribution < 1.29 is 9.59 Å². The number of benzene rings is 1. The van der Waals surface area contributed by atoms with Crippen LogP contribution in [0, 0.1) is 12.8 Å². The molecule has 1 unspecified atom stereocenters. The molecule has 0 fully saturated rings. The molecular formula is C22H27NO2. The fourth-order valence-electron chi connectivity index (χ4n) is 4.10. The third-order valence-corrected chi connectivity index (χ3v) is 5.58. The van der Waals surface area contributed by atoms with Gasteiger partial charge in [-0.3, -0.25) is 9.59 Å². The number of nitrogens with one attached hydrogen (secondary N) is 1. The number of H-pyrrole nitrogens is 1. The molecule has 0 bridgehead atoms. The molecule has 3 heteroatoms. The van der Waals surface area contributed by atoms with Gasteiger partial charge in [0.2, 0.25) is 0 Å². The highest BCUT2D eigenvalue weighted by Crippen LogP contribution is 2.41. The predicted molar refractivity (Wildman–Crippen MR) is 101 cm³/mol. The summed E-state index contributed by atoms with van der Waals surface area (Å²) in [6.45, 7) is 9.98. The largest absolute Gasteiger partial charge is 0.358 e. The summed E-state index contributed by atoms with van der Waals surface area (Å²) in [4.78, 5) is 27.3. The maximum absolute atomic E-state index is 12.1. The van der Waals surface area contributed by atoms with Crippen molar-refractivity contribution in [2.75, 3.05) is 0 Å². The zero-order valence-corrected chi connectivity index (χ0v) is 15.8. The van der Waals surface area contributed by atoms with Gasteiger partial charge >= 0.3 is 0 Å². The van der Waals surface area contributed by atoms with E-state index in [0.29, 0.717) is 6.42 Å². The molecule has 0 radical (unpaired) electrons. The molecule has 1 aliphatic rings. The van der Waals surface area contributed by atoms with Crippen molar-refractivity contribution >= 4 is 11.6 Å². The molecule has 1 aliphatic carbocycles.